The van der Waals surface area contributed by atoms with Crippen LogP contribution in [0.2, 0.25) is 0 Å². The molecule has 3 rings (SSSR count). The van der Waals surface area contributed by atoms with Crippen LogP contribution in [0.5, 0.6) is 5.75 Å². The van der Waals surface area contributed by atoms with E-state index in [1.807, 2.05) is 30.3 Å². The first-order valence-electron chi connectivity index (χ1n) is 7.23. The number of pyridine rings is 1. The maximum absolute atomic E-state index is 13.8. The normalized spacial score (nSPS) is 15.7. The number of rotatable bonds is 3. The zero-order chi connectivity index (χ0) is 16.4. The van der Waals surface area contributed by atoms with Gasteiger partial charge in [-0.15, -0.1) is 0 Å². The smallest absolute Gasteiger partial charge is 0.253 e. The van der Waals surface area contributed by atoms with Gasteiger partial charge in [-0.25, -0.2) is 0 Å². The average Bonchev–Trinajstić information content (AvgIpc) is 2.56. The second kappa shape index (κ2) is 6.44. The van der Waals surface area contributed by atoms with E-state index >= 15 is 0 Å². The Kier molecular flexibility index (Phi) is 4.36. The number of anilines is 1. The minimum atomic E-state index is -1.64. The van der Waals surface area contributed by atoms with Crippen LogP contribution in [0.1, 0.15) is 12.8 Å². The molecule has 0 spiro atoms. The van der Waals surface area contributed by atoms with Crippen LogP contribution in [0.25, 0.3) is 0 Å². The van der Waals surface area contributed by atoms with Crippen LogP contribution in [0.15, 0.2) is 30.3 Å². The molecule has 1 saturated heterocycles. The van der Waals surface area contributed by atoms with Gasteiger partial charge in [0.15, 0.2) is 0 Å². The maximum Gasteiger partial charge on any atom is 0.253 e. The van der Waals surface area contributed by atoms with Gasteiger partial charge in [0.05, 0.1) is 0 Å². The molecule has 7 heteroatoms. The van der Waals surface area contributed by atoms with Crippen LogP contribution in [0.3, 0.4) is 0 Å². The molecule has 0 amide bonds. The lowest BCUT2D eigenvalue weighted by atomic mass is 10.1. The van der Waals surface area contributed by atoms with E-state index in [2.05, 4.69) is 4.98 Å². The molecule has 1 aromatic heterocycles. The highest BCUT2D eigenvalue weighted by Crippen LogP contribution is 2.29. The lowest BCUT2D eigenvalue weighted by Gasteiger charge is -2.33. The van der Waals surface area contributed by atoms with Crippen LogP contribution in [0.4, 0.5) is 23.2 Å². The van der Waals surface area contributed by atoms with E-state index in [9.17, 15) is 17.6 Å². The van der Waals surface area contributed by atoms with E-state index in [1.165, 1.54) is 4.90 Å². The molecule has 0 radical (unpaired) electrons. The van der Waals surface area contributed by atoms with Crippen LogP contribution < -0.4 is 9.64 Å². The van der Waals surface area contributed by atoms with Crippen molar-refractivity contribution in [2.75, 3.05) is 18.0 Å². The monoisotopic (exact) mass is 326 g/mol. The Labute approximate surface area is 130 Å². The molecule has 3 nitrogen and oxygen atoms in total. The number of hydrogen-bond acceptors (Lipinski definition) is 3. The fraction of sp³-hybridized carbons (Fsp3) is 0.312. The summed E-state index contributed by atoms with van der Waals surface area (Å²) in [5.41, 5.74) is -0.701. The Balaban J connectivity index is 1.70. The predicted octanol–water partition coefficient (Wildman–Crippen LogP) is 3.69. The van der Waals surface area contributed by atoms with Crippen LogP contribution in [-0.4, -0.2) is 24.2 Å². The summed E-state index contributed by atoms with van der Waals surface area (Å²) in [6, 6.07) is 9.20. The van der Waals surface area contributed by atoms with E-state index < -0.39 is 29.2 Å². The quantitative estimate of drug-likeness (QED) is 0.635. The molecule has 122 valence electrons. The molecule has 0 atom stereocenters. The van der Waals surface area contributed by atoms with Gasteiger partial charge in [0.25, 0.3) is 11.9 Å². The minimum Gasteiger partial charge on any atom is -0.490 e. The molecule has 1 aliphatic rings. The number of hydrogen-bond donors (Lipinski definition) is 0. The Bertz CT molecular complexity index is 662. The van der Waals surface area contributed by atoms with Gasteiger partial charge in [-0.1, -0.05) is 18.2 Å². The Morgan fingerprint density at radius 3 is 2.04 bits per heavy atom. The van der Waals surface area contributed by atoms with E-state index in [0.29, 0.717) is 18.6 Å². The number of benzene rings is 1. The van der Waals surface area contributed by atoms with Crippen molar-refractivity contribution in [3.63, 3.8) is 0 Å². The van der Waals surface area contributed by atoms with Crippen LogP contribution in [-0.2, 0) is 0 Å². The number of halogens is 4. The molecule has 2 aromatic rings. The third kappa shape index (κ3) is 3.23. The van der Waals surface area contributed by atoms with Gasteiger partial charge in [0.1, 0.15) is 17.5 Å². The largest absolute Gasteiger partial charge is 0.490 e. The fourth-order valence-electron chi connectivity index (χ4n) is 2.64. The summed E-state index contributed by atoms with van der Waals surface area (Å²) in [6.07, 6.45) is 0.856. The fourth-order valence-corrected chi connectivity index (χ4v) is 2.64. The molecule has 0 N–H and O–H groups in total. The van der Waals surface area contributed by atoms with Gasteiger partial charge in [-0.3, -0.25) is 0 Å². The highest BCUT2D eigenvalue weighted by atomic mass is 19.2. The van der Waals surface area contributed by atoms with Gasteiger partial charge < -0.3 is 9.64 Å². The summed E-state index contributed by atoms with van der Waals surface area (Å²) in [6.45, 7) is 0.461. The summed E-state index contributed by atoms with van der Waals surface area (Å²) in [7, 11) is 0. The summed E-state index contributed by atoms with van der Waals surface area (Å²) in [4.78, 5) is 3.85. The summed E-state index contributed by atoms with van der Waals surface area (Å²) >= 11 is 0. The van der Waals surface area contributed by atoms with Gasteiger partial charge in [-0.05, 0) is 12.1 Å². The third-order valence-electron chi connectivity index (χ3n) is 3.78. The number of nitrogens with zero attached hydrogens (tertiary/aromatic N) is 2. The lowest BCUT2D eigenvalue weighted by Crippen LogP contribution is -2.39. The molecular formula is C16H14F4N2O. The lowest BCUT2D eigenvalue weighted by molar-refractivity contribution is 0.170. The van der Waals surface area contributed by atoms with Crippen LogP contribution in [0, 0.1) is 23.5 Å². The van der Waals surface area contributed by atoms with Crippen molar-refractivity contribution in [3.05, 3.63) is 53.9 Å². The van der Waals surface area contributed by atoms with E-state index in [4.69, 9.17) is 4.74 Å². The second-order valence-corrected chi connectivity index (χ2v) is 5.29. The van der Waals surface area contributed by atoms with Crippen molar-refractivity contribution >= 4 is 5.69 Å². The molecule has 2 heterocycles. The third-order valence-corrected chi connectivity index (χ3v) is 3.78. The highest BCUT2D eigenvalue weighted by Gasteiger charge is 2.29. The summed E-state index contributed by atoms with van der Waals surface area (Å²) in [5.74, 6) is -5.50. The topological polar surface area (TPSA) is 25.4 Å². The molecule has 0 unspecified atom stereocenters. The zero-order valence-electron chi connectivity index (χ0n) is 12.1. The molecule has 0 aliphatic carbocycles. The number of ether oxygens (including phenoxy) is 1. The van der Waals surface area contributed by atoms with Gasteiger partial charge in [-0.2, -0.15) is 22.5 Å². The number of para-hydroxylation sites is 1. The van der Waals surface area contributed by atoms with Crippen molar-refractivity contribution in [2.45, 2.75) is 18.9 Å². The predicted molar refractivity (Wildman–Crippen MR) is 76.4 cm³/mol. The SMILES string of the molecule is Fc1nc(F)c(F)c(N2CCC(Oc3ccccc3)CC2)c1F. The standard InChI is InChI=1S/C16H14F4N2O/c17-12-14(13(18)16(20)21-15(12)19)22-8-6-11(7-9-22)23-10-4-2-1-3-5-10/h1-5,11H,6-9H2. The van der Waals surface area contributed by atoms with Crippen LogP contribution >= 0.6 is 0 Å². The Morgan fingerprint density at radius 1 is 0.913 bits per heavy atom. The van der Waals surface area contributed by atoms with Crippen molar-refractivity contribution in [3.8, 4) is 5.75 Å². The first-order valence-corrected chi connectivity index (χ1v) is 7.23. The molecule has 1 aliphatic heterocycles. The highest BCUT2D eigenvalue weighted by molar-refractivity contribution is 5.49. The molecule has 0 saturated carbocycles. The molecule has 1 fully saturated rings. The van der Waals surface area contributed by atoms with E-state index in [1.54, 1.807) is 0 Å². The van der Waals surface area contributed by atoms with Gasteiger partial charge in [0, 0.05) is 25.9 Å². The van der Waals surface area contributed by atoms with Gasteiger partial charge in [0.2, 0.25) is 11.6 Å². The number of aromatic nitrogens is 1. The Morgan fingerprint density at radius 2 is 1.48 bits per heavy atom. The number of piperidine rings is 1. The molecular weight excluding hydrogens is 312 g/mol. The molecule has 23 heavy (non-hydrogen) atoms. The van der Waals surface area contributed by atoms with Crippen molar-refractivity contribution in [1.82, 2.24) is 4.98 Å². The van der Waals surface area contributed by atoms with E-state index in [0.717, 1.165) is 0 Å². The Hall–Kier alpha value is -2.31. The van der Waals surface area contributed by atoms with Crippen molar-refractivity contribution in [1.29, 1.82) is 0 Å². The van der Waals surface area contributed by atoms with Crippen molar-refractivity contribution < 1.29 is 22.3 Å². The zero-order valence-corrected chi connectivity index (χ0v) is 12.1. The first-order chi connectivity index (χ1) is 11.1. The molecule has 1 aromatic carbocycles. The molecule has 0 bridgehead atoms. The summed E-state index contributed by atoms with van der Waals surface area (Å²) < 4.78 is 59.7. The maximum atomic E-state index is 13.8. The average molecular weight is 326 g/mol. The van der Waals surface area contributed by atoms with Gasteiger partial charge >= 0.3 is 0 Å². The van der Waals surface area contributed by atoms with E-state index in [-0.39, 0.29) is 19.2 Å². The summed E-state index contributed by atoms with van der Waals surface area (Å²) in [5, 5.41) is 0. The second-order valence-electron chi connectivity index (χ2n) is 5.29. The van der Waals surface area contributed by atoms with Crippen molar-refractivity contribution in [2.24, 2.45) is 0 Å². The minimum absolute atomic E-state index is 0.115. The first kappa shape index (κ1) is 15.6.